The second kappa shape index (κ2) is 5.90. The summed E-state index contributed by atoms with van der Waals surface area (Å²) in [6, 6.07) is 0. The van der Waals surface area contributed by atoms with E-state index < -0.39 is 37.3 Å². The SMILES string of the molecule is Cn1cc(CO[C@@H]2O[C@H](CO)[C@H](O)[C@H](O)[C@H]2O)nn1. The van der Waals surface area contributed by atoms with Crippen LogP contribution in [0.2, 0.25) is 0 Å². The highest BCUT2D eigenvalue weighted by atomic mass is 16.7. The number of aryl methyl sites for hydroxylation is 1. The maximum absolute atomic E-state index is 9.72. The van der Waals surface area contributed by atoms with Crippen LogP contribution < -0.4 is 0 Å². The molecule has 0 radical (unpaired) electrons. The number of hydrogen-bond donors (Lipinski definition) is 4. The maximum atomic E-state index is 9.72. The van der Waals surface area contributed by atoms with Crippen LogP contribution in [0.1, 0.15) is 5.69 Å². The van der Waals surface area contributed by atoms with Gasteiger partial charge in [0.15, 0.2) is 6.29 Å². The van der Waals surface area contributed by atoms with Crippen molar-refractivity contribution >= 4 is 0 Å². The fourth-order valence-electron chi connectivity index (χ4n) is 1.83. The van der Waals surface area contributed by atoms with Crippen LogP contribution in [0.3, 0.4) is 0 Å². The number of aliphatic hydroxyl groups excluding tert-OH is 4. The average molecular weight is 275 g/mol. The molecule has 2 rings (SSSR count). The molecule has 108 valence electrons. The highest BCUT2D eigenvalue weighted by Crippen LogP contribution is 2.22. The molecule has 1 aromatic heterocycles. The first-order chi connectivity index (χ1) is 9.02. The molecule has 0 bridgehead atoms. The summed E-state index contributed by atoms with van der Waals surface area (Å²) in [4.78, 5) is 0. The van der Waals surface area contributed by atoms with E-state index in [1.807, 2.05) is 0 Å². The smallest absolute Gasteiger partial charge is 0.187 e. The van der Waals surface area contributed by atoms with Gasteiger partial charge in [0.2, 0.25) is 0 Å². The summed E-state index contributed by atoms with van der Waals surface area (Å²) in [5.41, 5.74) is 0.527. The molecule has 0 unspecified atom stereocenters. The summed E-state index contributed by atoms with van der Waals surface area (Å²) in [6.07, 6.45) is -4.75. The van der Waals surface area contributed by atoms with E-state index in [0.717, 1.165) is 0 Å². The summed E-state index contributed by atoms with van der Waals surface area (Å²) in [7, 11) is 1.70. The van der Waals surface area contributed by atoms with Crippen LogP contribution in [-0.4, -0.2) is 72.7 Å². The van der Waals surface area contributed by atoms with Crippen molar-refractivity contribution in [1.29, 1.82) is 0 Å². The molecule has 0 aromatic carbocycles. The minimum atomic E-state index is -1.45. The molecule has 1 fully saturated rings. The minimum absolute atomic E-state index is 0.0243. The lowest BCUT2D eigenvalue weighted by Crippen LogP contribution is -2.59. The minimum Gasteiger partial charge on any atom is -0.394 e. The Morgan fingerprint density at radius 3 is 2.63 bits per heavy atom. The van der Waals surface area contributed by atoms with Gasteiger partial charge in [0.1, 0.15) is 30.1 Å². The molecule has 9 heteroatoms. The van der Waals surface area contributed by atoms with Crippen LogP contribution >= 0.6 is 0 Å². The van der Waals surface area contributed by atoms with E-state index in [1.54, 1.807) is 13.2 Å². The fourth-order valence-corrected chi connectivity index (χ4v) is 1.83. The third-order valence-electron chi connectivity index (χ3n) is 2.89. The molecule has 4 N–H and O–H groups in total. The molecule has 2 heterocycles. The van der Waals surface area contributed by atoms with Gasteiger partial charge in [-0.25, -0.2) is 0 Å². The molecule has 19 heavy (non-hydrogen) atoms. The van der Waals surface area contributed by atoms with Gasteiger partial charge in [-0.15, -0.1) is 5.10 Å². The lowest BCUT2D eigenvalue weighted by molar-refractivity contribution is -0.304. The molecule has 0 aliphatic carbocycles. The quantitative estimate of drug-likeness (QED) is 0.461. The Labute approximate surface area is 109 Å². The van der Waals surface area contributed by atoms with Crippen LogP contribution in [0.4, 0.5) is 0 Å². The Hall–Kier alpha value is -1.10. The predicted molar refractivity (Wildman–Crippen MR) is 59.6 cm³/mol. The van der Waals surface area contributed by atoms with Gasteiger partial charge >= 0.3 is 0 Å². The fraction of sp³-hybridized carbons (Fsp3) is 0.800. The van der Waals surface area contributed by atoms with Crippen molar-refractivity contribution < 1.29 is 29.9 Å². The van der Waals surface area contributed by atoms with Crippen molar-refractivity contribution in [3.8, 4) is 0 Å². The molecule has 1 aromatic rings. The van der Waals surface area contributed by atoms with E-state index in [2.05, 4.69) is 10.3 Å². The third kappa shape index (κ3) is 3.08. The van der Waals surface area contributed by atoms with Crippen molar-refractivity contribution in [2.75, 3.05) is 6.61 Å². The van der Waals surface area contributed by atoms with Gasteiger partial charge in [-0.3, -0.25) is 4.68 Å². The standard InChI is InChI=1S/C10H17N3O6/c1-13-2-5(11-12-13)4-18-10-9(17)8(16)7(15)6(3-14)19-10/h2,6-10,14-17H,3-4H2,1H3/t6-,7+,8+,9-,10-/m1/s1. The van der Waals surface area contributed by atoms with Gasteiger partial charge < -0.3 is 29.9 Å². The van der Waals surface area contributed by atoms with Crippen LogP contribution in [0, 0.1) is 0 Å². The number of aliphatic hydroxyl groups is 4. The zero-order valence-electron chi connectivity index (χ0n) is 10.3. The molecule has 0 amide bonds. The van der Waals surface area contributed by atoms with Gasteiger partial charge in [0.05, 0.1) is 19.4 Å². The first kappa shape index (κ1) is 14.3. The van der Waals surface area contributed by atoms with E-state index in [9.17, 15) is 15.3 Å². The van der Waals surface area contributed by atoms with Crippen LogP contribution in [0.5, 0.6) is 0 Å². The third-order valence-corrected chi connectivity index (χ3v) is 2.89. The summed E-state index contributed by atoms with van der Waals surface area (Å²) in [5.74, 6) is 0. The summed E-state index contributed by atoms with van der Waals surface area (Å²) >= 11 is 0. The van der Waals surface area contributed by atoms with E-state index in [1.165, 1.54) is 4.68 Å². The zero-order chi connectivity index (χ0) is 14.0. The van der Waals surface area contributed by atoms with Crippen molar-refractivity contribution in [2.45, 2.75) is 37.3 Å². The summed E-state index contributed by atoms with van der Waals surface area (Å²) < 4.78 is 11.9. The van der Waals surface area contributed by atoms with Crippen molar-refractivity contribution in [2.24, 2.45) is 7.05 Å². The van der Waals surface area contributed by atoms with Crippen molar-refractivity contribution in [3.05, 3.63) is 11.9 Å². The van der Waals surface area contributed by atoms with Crippen LogP contribution in [0.25, 0.3) is 0 Å². The number of aromatic nitrogens is 3. The molecule has 1 saturated heterocycles. The van der Waals surface area contributed by atoms with Crippen LogP contribution in [0.15, 0.2) is 6.20 Å². The van der Waals surface area contributed by atoms with Gasteiger partial charge in [0.25, 0.3) is 0 Å². The maximum Gasteiger partial charge on any atom is 0.187 e. The van der Waals surface area contributed by atoms with E-state index in [-0.39, 0.29) is 6.61 Å². The number of hydrogen-bond acceptors (Lipinski definition) is 8. The molecule has 0 saturated carbocycles. The Morgan fingerprint density at radius 2 is 2.05 bits per heavy atom. The second-order valence-corrected chi connectivity index (χ2v) is 4.39. The van der Waals surface area contributed by atoms with Crippen molar-refractivity contribution in [3.63, 3.8) is 0 Å². The Bertz CT molecular complexity index is 412. The van der Waals surface area contributed by atoms with Gasteiger partial charge in [-0.05, 0) is 0 Å². The predicted octanol–water partition coefficient (Wildman–Crippen LogP) is -2.87. The van der Waals surface area contributed by atoms with E-state index >= 15 is 0 Å². The Morgan fingerprint density at radius 1 is 1.32 bits per heavy atom. The molecule has 1 aliphatic heterocycles. The molecule has 1 aliphatic rings. The first-order valence-electron chi connectivity index (χ1n) is 5.80. The Kier molecular flexibility index (Phi) is 4.45. The van der Waals surface area contributed by atoms with E-state index in [4.69, 9.17) is 14.6 Å². The Balaban J connectivity index is 1.95. The topological polar surface area (TPSA) is 130 Å². The van der Waals surface area contributed by atoms with Gasteiger partial charge in [0, 0.05) is 7.05 Å². The van der Waals surface area contributed by atoms with Crippen molar-refractivity contribution in [1.82, 2.24) is 15.0 Å². The monoisotopic (exact) mass is 275 g/mol. The highest BCUT2D eigenvalue weighted by Gasteiger charge is 2.44. The average Bonchev–Trinajstić information content (AvgIpc) is 2.81. The largest absolute Gasteiger partial charge is 0.394 e. The zero-order valence-corrected chi connectivity index (χ0v) is 10.3. The number of ether oxygens (including phenoxy) is 2. The molecule has 9 nitrogen and oxygen atoms in total. The van der Waals surface area contributed by atoms with E-state index in [0.29, 0.717) is 5.69 Å². The molecular weight excluding hydrogens is 258 g/mol. The lowest BCUT2D eigenvalue weighted by atomic mass is 9.99. The lowest BCUT2D eigenvalue weighted by Gasteiger charge is -2.39. The van der Waals surface area contributed by atoms with Gasteiger partial charge in [-0.2, -0.15) is 0 Å². The summed E-state index contributed by atoms with van der Waals surface area (Å²) in [6.45, 7) is -0.466. The molecule has 0 spiro atoms. The molecular formula is C10H17N3O6. The molecule has 5 atom stereocenters. The van der Waals surface area contributed by atoms with Gasteiger partial charge in [-0.1, -0.05) is 5.21 Å². The highest BCUT2D eigenvalue weighted by molar-refractivity contribution is 4.91. The second-order valence-electron chi connectivity index (χ2n) is 4.39. The number of rotatable bonds is 4. The summed E-state index contributed by atoms with van der Waals surface area (Å²) in [5, 5.41) is 45.4. The van der Waals surface area contributed by atoms with Crippen LogP contribution in [-0.2, 0) is 23.1 Å². The normalized spacial score (nSPS) is 35.5. The first-order valence-corrected chi connectivity index (χ1v) is 5.80. The number of nitrogens with zero attached hydrogens (tertiary/aromatic N) is 3.